The van der Waals surface area contributed by atoms with Gasteiger partial charge in [0.1, 0.15) is 6.10 Å². The van der Waals surface area contributed by atoms with E-state index < -0.39 is 14.4 Å². The summed E-state index contributed by atoms with van der Waals surface area (Å²) in [4.78, 5) is 11.3. The normalized spacial score (nSPS) is 15.5. The van der Waals surface area contributed by atoms with Gasteiger partial charge in [-0.25, -0.2) is 0 Å². The maximum absolute atomic E-state index is 11.3. The highest BCUT2D eigenvalue weighted by Crippen LogP contribution is 2.37. The fraction of sp³-hybridized carbons (Fsp3) is 0.909. The van der Waals surface area contributed by atoms with Crippen molar-refractivity contribution < 1.29 is 9.22 Å². The van der Waals surface area contributed by atoms with Gasteiger partial charge in [0.2, 0.25) is 5.91 Å². The van der Waals surface area contributed by atoms with Gasteiger partial charge in [0.05, 0.1) is 0 Å². The summed E-state index contributed by atoms with van der Waals surface area (Å²) >= 11 is 0. The number of rotatable bonds is 4. The molecule has 2 N–H and O–H groups in total. The number of carbonyl (C=O) groups is 1. The van der Waals surface area contributed by atoms with Gasteiger partial charge in [0.25, 0.3) is 0 Å². The first-order valence-corrected chi connectivity index (χ1v) is 8.37. The van der Waals surface area contributed by atoms with Crippen LogP contribution < -0.4 is 5.73 Å². The first kappa shape index (κ1) is 14.6. The molecule has 3 nitrogen and oxygen atoms in total. The minimum absolute atomic E-state index is 0.107. The summed E-state index contributed by atoms with van der Waals surface area (Å²) in [6, 6.07) is 0. The first-order valence-electron chi connectivity index (χ1n) is 5.46. The van der Waals surface area contributed by atoms with Gasteiger partial charge in [0.15, 0.2) is 8.32 Å². The number of primary amides is 1. The molecule has 0 saturated heterocycles. The van der Waals surface area contributed by atoms with E-state index >= 15 is 0 Å². The highest BCUT2D eigenvalue weighted by atomic mass is 28.4. The summed E-state index contributed by atoms with van der Waals surface area (Å²) in [7, 11) is -1.89. The number of hydrogen-bond acceptors (Lipinski definition) is 2. The second-order valence-electron chi connectivity index (χ2n) is 5.95. The molecule has 0 aromatic heterocycles. The SMILES string of the molecule is CC(C)[C@H](O[Si](C)(C)C(C)(C)C)C(N)=O. The maximum Gasteiger partial charge on any atom is 0.245 e. The van der Waals surface area contributed by atoms with Crippen molar-refractivity contribution in [2.24, 2.45) is 11.7 Å². The Morgan fingerprint density at radius 1 is 1.27 bits per heavy atom. The second kappa shape index (κ2) is 4.66. The van der Waals surface area contributed by atoms with Crippen LogP contribution in [0.3, 0.4) is 0 Å². The Bertz CT molecular complexity index is 231. The van der Waals surface area contributed by atoms with Crippen molar-refractivity contribution in [2.75, 3.05) is 0 Å². The van der Waals surface area contributed by atoms with Crippen LogP contribution in [0, 0.1) is 5.92 Å². The molecule has 0 aliphatic heterocycles. The predicted octanol–water partition coefficient (Wildman–Crippen LogP) is 2.52. The van der Waals surface area contributed by atoms with Crippen molar-refractivity contribution in [3.8, 4) is 0 Å². The maximum atomic E-state index is 11.3. The second-order valence-corrected chi connectivity index (χ2v) is 10.7. The van der Waals surface area contributed by atoms with Crippen LogP contribution in [0.5, 0.6) is 0 Å². The van der Waals surface area contributed by atoms with E-state index in [1.54, 1.807) is 0 Å². The van der Waals surface area contributed by atoms with Gasteiger partial charge in [-0.2, -0.15) is 0 Å². The van der Waals surface area contributed by atoms with Crippen molar-refractivity contribution in [3.63, 3.8) is 0 Å². The fourth-order valence-corrected chi connectivity index (χ4v) is 2.39. The van der Waals surface area contributed by atoms with E-state index in [-0.39, 0.29) is 16.9 Å². The standard InChI is InChI=1S/C11H25NO2Si/c1-8(2)9(10(12)13)14-15(6,7)11(3,4)5/h8-9H,1-7H3,(H2,12,13)/t9-/m0/s1. The average Bonchev–Trinajstić information content (AvgIpc) is 1.96. The molecule has 4 heteroatoms. The molecule has 0 aromatic carbocycles. The predicted molar refractivity (Wildman–Crippen MR) is 66.1 cm³/mol. The Labute approximate surface area is 94.5 Å². The lowest BCUT2D eigenvalue weighted by molar-refractivity contribution is -0.127. The van der Waals surface area contributed by atoms with E-state index in [9.17, 15) is 4.79 Å². The molecular weight excluding hydrogens is 206 g/mol. The summed E-state index contributed by atoms with van der Waals surface area (Å²) in [5.74, 6) is -0.216. The van der Waals surface area contributed by atoms with E-state index in [1.165, 1.54) is 0 Å². The van der Waals surface area contributed by atoms with Gasteiger partial charge >= 0.3 is 0 Å². The zero-order valence-electron chi connectivity index (χ0n) is 11.0. The van der Waals surface area contributed by atoms with Gasteiger partial charge in [0, 0.05) is 0 Å². The molecule has 0 saturated carbocycles. The quantitative estimate of drug-likeness (QED) is 0.756. The van der Waals surface area contributed by atoms with Crippen LogP contribution in [-0.2, 0) is 9.22 Å². The van der Waals surface area contributed by atoms with Crippen LogP contribution >= 0.6 is 0 Å². The van der Waals surface area contributed by atoms with E-state index in [2.05, 4.69) is 33.9 Å². The van der Waals surface area contributed by atoms with Gasteiger partial charge in [-0.15, -0.1) is 0 Å². The summed E-state index contributed by atoms with van der Waals surface area (Å²) in [5.41, 5.74) is 5.35. The minimum Gasteiger partial charge on any atom is -0.405 e. The van der Waals surface area contributed by atoms with Crippen LogP contribution in [0.4, 0.5) is 0 Å². The van der Waals surface area contributed by atoms with Crippen LogP contribution in [0.1, 0.15) is 34.6 Å². The van der Waals surface area contributed by atoms with Gasteiger partial charge in [-0.3, -0.25) is 4.79 Å². The van der Waals surface area contributed by atoms with Crippen molar-refractivity contribution >= 4 is 14.2 Å². The largest absolute Gasteiger partial charge is 0.405 e. The van der Waals surface area contributed by atoms with E-state index in [0.29, 0.717) is 0 Å². The Kier molecular flexibility index (Phi) is 4.55. The molecule has 0 spiro atoms. The molecular formula is C11H25NO2Si. The van der Waals surface area contributed by atoms with Gasteiger partial charge < -0.3 is 10.2 Å². The topological polar surface area (TPSA) is 52.3 Å². The van der Waals surface area contributed by atoms with Gasteiger partial charge in [-0.1, -0.05) is 34.6 Å². The first-order chi connectivity index (χ1) is 6.49. The Balaban J connectivity index is 4.75. The lowest BCUT2D eigenvalue weighted by Crippen LogP contribution is -2.49. The van der Waals surface area contributed by atoms with Crippen LogP contribution in [-0.4, -0.2) is 20.3 Å². The van der Waals surface area contributed by atoms with Crippen LogP contribution in [0.2, 0.25) is 18.1 Å². The molecule has 0 fully saturated rings. The molecule has 0 aliphatic carbocycles. The molecule has 0 aromatic rings. The molecule has 0 radical (unpaired) electrons. The number of carbonyl (C=O) groups excluding carboxylic acids is 1. The zero-order chi connectivity index (χ0) is 12.4. The molecule has 0 heterocycles. The number of hydrogen-bond donors (Lipinski definition) is 1. The zero-order valence-corrected chi connectivity index (χ0v) is 12.0. The average molecular weight is 231 g/mol. The van der Waals surface area contributed by atoms with Crippen molar-refractivity contribution in [2.45, 2.75) is 58.9 Å². The third kappa shape index (κ3) is 3.95. The molecule has 0 rings (SSSR count). The lowest BCUT2D eigenvalue weighted by Gasteiger charge is -2.39. The summed E-state index contributed by atoms with van der Waals surface area (Å²) in [5, 5.41) is 0.107. The molecule has 90 valence electrons. The molecule has 0 unspecified atom stereocenters. The summed E-state index contributed by atoms with van der Waals surface area (Å²) in [6.45, 7) is 14.6. The third-order valence-electron chi connectivity index (χ3n) is 3.11. The molecule has 15 heavy (non-hydrogen) atoms. The number of nitrogens with two attached hydrogens (primary N) is 1. The summed E-state index contributed by atoms with van der Waals surface area (Å²) < 4.78 is 5.99. The summed E-state index contributed by atoms with van der Waals surface area (Å²) in [6.07, 6.45) is -0.453. The van der Waals surface area contributed by atoms with E-state index in [1.807, 2.05) is 13.8 Å². The van der Waals surface area contributed by atoms with Crippen molar-refractivity contribution in [3.05, 3.63) is 0 Å². The van der Waals surface area contributed by atoms with Crippen LogP contribution in [0.15, 0.2) is 0 Å². The van der Waals surface area contributed by atoms with E-state index in [4.69, 9.17) is 10.2 Å². The minimum atomic E-state index is -1.89. The molecule has 1 atom stereocenters. The highest BCUT2D eigenvalue weighted by Gasteiger charge is 2.40. The molecule has 0 bridgehead atoms. The highest BCUT2D eigenvalue weighted by molar-refractivity contribution is 6.74. The van der Waals surface area contributed by atoms with Crippen LogP contribution in [0.25, 0.3) is 0 Å². The monoisotopic (exact) mass is 231 g/mol. The molecule has 0 aliphatic rings. The Hall–Kier alpha value is -0.353. The smallest absolute Gasteiger partial charge is 0.245 e. The van der Waals surface area contributed by atoms with Crippen molar-refractivity contribution in [1.29, 1.82) is 0 Å². The third-order valence-corrected chi connectivity index (χ3v) is 7.57. The molecule has 1 amide bonds. The lowest BCUT2D eigenvalue weighted by atomic mass is 10.1. The van der Waals surface area contributed by atoms with E-state index in [0.717, 1.165) is 0 Å². The fourth-order valence-electron chi connectivity index (χ4n) is 1.02. The Morgan fingerprint density at radius 3 is 1.87 bits per heavy atom. The van der Waals surface area contributed by atoms with Gasteiger partial charge in [-0.05, 0) is 24.1 Å². The van der Waals surface area contributed by atoms with Crippen molar-refractivity contribution in [1.82, 2.24) is 0 Å². The number of amides is 1. The Morgan fingerprint density at radius 2 is 1.67 bits per heavy atom.